The van der Waals surface area contributed by atoms with Gasteiger partial charge in [-0.05, 0) is 31.2 Å². The quantitative estimate of drug-likeness (QED) is 0.557. The second-order valence-electron chi connectivity index (χ2n) is 7.65. The Balaban J connectivity index is 1.81. The van der Waals surface area contributed by atoms with E-state index in [4.69, 9.17) is 32.7 Å². The maximum absolute atomic E-state index is 13.5. The zero-order valence-electron chi connectivity index (χ0n) is 16.8. The van der Waals surface area contributed by atoms with Crippen LogP contribution in [-0.2, 0) is 9.53 Å². The van der Waals surface area contributed by atoms with Crippen LogP contribution in [0.1, 0.15) is 24.1 Å². The number of rotatable bonds is 2. The number of aromatic hydroxyl groups is 1. The molecule has 0 radical (unpaired) electrons. The summed E-state index contributed by atoms with van der Waals surface area (Å²) < 4.78 is 13.0. The predicted octanol–water partition coefficient (Wildman–Crippen LogP) is 2.87. The van der Waals surface area contributed by atoms with Crippen molar-refractivity contribution in [2.75, 3.05) is 7.11 Å². The van der Waals surface area contributed by atoms with Gasteiger partial charge in [0, 0.05) is 16.1 Å². The van der Waals surface area contributed by atoms with Crippen molar-refractivity contribution < 1.29 is 19.4 Å². The van der Waals surface area contributed by atoms with Crippen molar-refractivity contribution in [3.05, 3.63) is 77.3 Å². The lowest BCUT2D eigenvalue weighted by molar-refractivity contribution is -0.158. The van der Waals surface area contributed by atoms with Gasteiger partial charge in [-0.2, -0.15) is 0 Å². The van der Waals surface area contributed by atoms with Gasteiger partial charge in [0.05, 0.1) is 22.7 Å². The van der Waals surface area contributed by atoms with Crippen LogP contribution in [0.15, 0.2) is 46.2 Å². The number of fused-ring (bicyclic) bond motifs is 6. The van der Waals surface area contributed by atoms with Gasteiger partial charge >= 0.3 is 5.97 Å². The first kappa shape index (κ1) is 21.1. The molecule has 3 aromatic rings. The molecule has 0 unspecified atom stereocenters. The van der Waals surface area contributed by atoms with Gasteiger partial charge in [0.2, 0.25) is 5.72 Å². The van der Waals surface area contributed by atoms with Gasteiger partial charge in [0.1, 0.15) is 17.4 Å². The van der Waals surface area contributed by atoms with Crippen LogP contribution in [0.25, 0.3) is 6.08 Å². The molecule has 1 aromatic heterocycles. The molecule has 2 aliphatic heterocycles. The summed E-state index contributed by atoms with van der Waals surface area (Å²) in [6.07, 6.45) is 1.51. The minimum Gasteiger partial charge on any atom is -0.506 e. The highest BCUT2D eigenvalue weighted by Crippen LogP contribution is 2.47. The van der Waals surface area contributed by atoms with Gasteiger partial charge < -0.3 is 14.6 Å². The second kappa shape index (κ2) is 7.37. The summed E-state index contributed by atoms with van der Waals surface area (Å²) in [5.74, 6) is -1.01. The number of thiazole rings is 1. The van der Waals surface area contributed by atoms with Crippen molar-refractivity contribution in [2.45, 2.75) is 18.7 Å². The molecule has 2 aliphatic rings. The second-order valence-corrected chi connectivity index (χ2v) is 9.50. The average Bonchev–Trinajstić information content (AvgIpc) is 3.04. The number of hydrogen-bond acceptors (Lipinski definition) is 7. The highest BCUT2D eigenvalue weighted by molar-refractivity contribution is 7.07. The maximum atomic E-state index is 13.5. The summed E-state index contributed by atoms with van der Waals surface area (Å²) in [6.45, 7) is 1.71. The highest BCUT2D eigenvalue weighted by Gasteiger charge is 2.55. The van der Waals surface area contributed by atoms with E-state index in [0.717, 1.165) is 11.3 Å². The zero-order valence-corrected chi connectivity index (χ0v) is 19.2. The van der Waals surface area contributed by atoms with Crippen LogP contribution in [0, 0.1) is 5.92 Å². The van der Waals surface area contributed by atoms with E-state index in [1.807, 2.05) is 18.2 Å². The molecule has 0 saturated heterocycles. The van der Waals surface area contributed by atoms with Crippen LogP contribution in [0.3, 0.4) is 0 Å². The number of phenols is 1. The molecule has 2 bridgehead atoms. The fourth-order valence-electron chi connectivity index (χ4n) is 4.27. The number of carbonyl (C=O) groups excluding carboxylic acids is 1. The van der Waals surface area contributed by atoms with E-state index in [9.17, 15) is 14.7 Å². The Labute approximate surface area is 195 Å². The first-order chi connectivity index (χ1) is 15.2. The third kappa shape index (κ3) is 3.05. The van der Waals surface area contributed by atoms with Crippen LogP contribution < -0.4 is 19.6 Å². The predicted molar refractivity (Wildman–Crippen MR) is 120 cm³/mol. The minimum atomic E-state index is -1.25. The Bertz CT molecular complexity index is 1460. The van der Waals surface area contributed by atoms with E-state index in [1.165, 1.54) is 29.9 Å². The van der Waals surface area contributed by atoms with E-state index < -0.39 is 23.7 Å². The smallest absolute Gasteiger partial charge is 0.317 e. The van der Waals surface area contributed by atoms with Crippen LogP contribution in [0.2, 0.25) is 10.0 Å². The number of hydrogen-bond donors (Lipinski definition) is 1. The molecule has 32 heavy (non-hydrogen) atoms. The first-order valence-corrected chi connectivity index (χ1v) is 11.2. The van der Waals surface area contributed by atoms with E-state index in [1.54, 1.807) is 13.0 Å². The molecule has 10 heteroatoms. The van der Waals surface area contributed by atoms with Gasteiger partial charge in [-0.15, -0.1) is 0 Å². The number of aromatic nitrogens is 1. The van der Waals surface area contributed by atoms with Crippen LogP contribution in [-0.4, -0.2) is 28.5 Å². The number of methoxy groups -OCH3 is 1. The molecule has 5 rings (SSSR count). The van der Waals surface area contributed by atoms with Gasteiger partial charge in [-0.25, -0.2) is 4.99 Å². The Morgan fingerprint density at radius 3 is 2.84 bits per heavy atom. The third-order valence-electron chi connectivity index (χ3n) is 5.68. The fraction of sp³-hybridized carbons (Fsp3) is 0.227. The van der Waals surface area contributed by atoms with Gasteiger partial charge in [0.25, 0.3) is 5.56 Å². The number of nitrogens with zero attached hydrogens (tertiary/aromatic N) is 2. The summed E-state index contributed by atoms with van der Waals surface area (Å²) in [5.41, 5.74) is -0.616. The molecule has 0 aliphatic carbocycles. The number of ether oxygens (including phenoxy) is 2. The summed E-state index contributed by atoms with van der Waals surface area (Å²) in [6, 6.07) is 9.51. The molecule has 3 heterocycles. The Morgan fingerprint density at radius 1 is 1.34 bits per heavy atom. The average molecular weight is 491 g/mol. The van der Waals surface area contributed by atoms with Crippen LogP contribution in [0.4, 0.5) is 0 Å². The van der Waals surface area contributed by atoms with E-state index in [2.05, 4.69) is 4.99 Å². The molecular weight excluding hydrogens is 475 g/mol. The van der Waals surface area contributed by atoms with Crippen molar-refractivity contribution in [1.29, 1.82) is 0 Å². The van der Waals surface area contributed by atoms with Crippen molar-refractivity contribution in [1.82, 2.24) is 4.57 Å². The van der Waals surface area contributed by atoms with Gasteiger partial charge in [-0.3, -0.25) is 14.2 Å². The number of carbonyl (C=O) groups is 1. The topological polar surface area (TPSA) is 90.1 Å². The Kier molecular flexibility index (Phi) is 4.85. The summed E-state index contributed by atoms with van der Waals surface area (Å²) in [7, 11) is 1.30. The molecular formula is C22H16Cl2N2O5S. The number of phenolic OH excluding ortho intramolecular Hbond substituents is 1. The lowest BCUT2D eigenvalue weighted by Crippen LogP contribution is -2.58. The summed E-state index contributed by atoms with van der Waals surface area (Å²) in [5, 5.41) is 10.7. The SMILES string of the molecule is COC(=O)[C@@H]1[C@H]2c3ccccc3O[C@@]1(C)N=c1s/c(=C/c3cc(Cl)cc(Cl)c3O)c(=O)n12. The standard InChI is InChI=1S/C22H16Cl2N2O5S/c1-22-16(20(29)30-2)17(12-5-3-4-6-14(12)31-22)26-19(28)15(32-21(26)25-22)8-10-7-11(23)9-13(24)18(10)27/h3-9,16-17,27H,1-2H3/b15-8+/t16-,17+,22+/m0/s1. The number of para-hydroxylation sites is 1. The molecule has 0 amide bonds. The lowest BCUT2D eigenvalue weighted by Gasteiger charge is -2.44. The first-order valence-electron chi connectivity index (χ1n) is 9.60. The van der Waals surface area contributed by atoms with Crippen molar-refractivity contribution in [3.8, 4) is 11.5 Å². The molecule has 164 valence electrons. The monoisotopic (exact) mass is 490 g/mol. The number of benzene rings is 2. The molecule has 0 fully saturated rings. The molecule has 2 aromatic carbocycles. The molecule has 7 nitrogen and oxygen atoms in total. The summed E-state index contributed by atoms with van der Waals surface area (Å²) >= 11 is 13.2. The van der Waals surface area contributed by atoms with Crippen molar-refractivity contribution >= 4 is 46.6 Å². The normalized spacial score (nSPS) is 23.6. The number of halogens is 2. The molecule has 1 N–H and O–H groups in total. The van der Waals surface area contributed by atoms with Crippen LogP contribution >= 0.6 is 34.5 Å². The lowest BCUT2D eigenvalue weighted by atomic mass is 9.81. The van der Waals surface area contributed by atoms with Crippen molar-refractivity contribution in [2.24, 2.45) is 10.9 Å². The highest BCUT2D eigenvalue weighted by atomic mass is 35.5. The summed E-state index contributed by atoms with van der Waals surface area (Å²) in [4.78, 5) is 31.4. The molecule has 0 saturated carbocycles. The van der Waals surface area contributed by atoms with E-state index in [-0.39, 0.29) is 16.3 Å². The molecule has 3 atom stereocenters. The zero-order chi connectivity index (χ0) is 22.8. The molecule has 0 spiro atoms. The van der Waals surface area contributed by atoms with Gasteiger partial charge in [0.15, 0.2) is 4.80 Å². The fourth-order valence-corrected chi connectivity index (χ4v) is 5.87. The van der Waals surface area contributed by atoms with Crippen molar-refractivity contribution in [3.63, 3.8) is 0 Å². The maximum Gasteiger partial charge on any atom is 0.317 e. The Morgan fingerprint density at radius 2 is 2.09 bits per heavy atom. The Hall–Kier alpha value is -2.81. The van der Waals surface area contributed by atoms with E-state index >= 15 is 0 Å². The van der Waals surface area contributed by atoms with E-state index in [0.29, 0.717) is 31.2 Å². The largest absolute Gasteiger partial charge is 0.506 e. The van der Waals surface area contributed by atoms with Crippen LogP contribution in [0.5, 0.6) is 11.5 Å². The third-order valence-corrected chi connectivity index (χ3v) is 7.17. The number of esters is 1. The van der Waals surface area contributed by atoms with Gasteiger partial charge in [-0.1, -0.05) is 52.7 Å². The minimum absolute atomic E-state index is 0.0753.